The maximum absolute atomic E-state index is 12.5. The van der Waals surface area contributed by atoms with Gasteiger partial charge < -0.3 is 14.5 Å². The summed E-state index contributed by atoms with van der Waals surface area (Å²) in [5.74, 6) is -1.27. The standard InChI is InChI=1S/C21H23N3O6S2/c1-13-9-10-15(32(27,28)24(3)4)11-17(13)22-20(26)14(2)29-19(25)12-31-21-23-16-7-5-6-8-18(16)30-21/h5-11,14H,12H2,1-4H3,(H,22,26). The molecule has 1 aromatic heterocycles. The van der Waals surface area contributed by atoms with Gasteiger partial charge in [-0.15, -0.1) is 0 Å². The van der Waals surface area contributed by atoms with Crippen LogP contribution in [0.1, 0.15) is 12.5 Å². The number of ether oxygens (including phenoxy) is 1. The molecule has 0 saturated heterocycles. The molecule has 1 unspecified atom stereocenters. The summed E-state index contributed by atoms with van der Waals surface area (Å²) in [5, 5.41) is 2.95. The van der Waals surface area contributed by atoms with Crippen molar-refractivity contribution in [3.63, 3.8) is 0 Å². The molecule has 1 heterocycles. The summed E-state index contributed by atoms with van der Waals surface area (Å²) < 4.78 is 36.5. The highest BCUT2D eigenvalue weighted by Crippen LogP contribution is 2.24. The van der Waals surface area contributed by atoms with Crippen molar-refractivity contribution in [2.45, 2.75) is 30.1 Å². The first-order chi connectivity index (χ1) is 15.1. The maximum Gasteiger partial charge on any atom is 0.317 e. The molecule has 11 heteroatoms. The van der Waals surface area contributed by atoms with E-state index in [0.29, 0.717) is 27.6 Å². The second-order valence-electron chi connectivity index (χ2n) is 7.12. The third-order valence-corrected chi connectivity index (χ3v) is 7.12. The number of sulfonamides is 1. The Balaban J connectivity index is 1.59. The van der Waals surface area contributed by atoms with Crippen LogP contribution in [-0.4, -0.2) is 55.5 Å². The van der Waals surface area contributed by atoms with Gasteiger partial charge in [0, 0.05) is 19.8 Å². The molecule has 0 saturated carbocycles. The highest BCUT2D eigenvalue weighted by atomic mass is 32.2. The molecule has 0 fully saturated rings. The van der Waals surface area contributed by atoms with Crippen molar-refractivity contribution in [2.75, 3.05) is 25.2 Å². The topological polar surface area (TPSA) is 119 Å². The Bertz CT molecular complexity index is 1220. The molecular weight excluding hydrogens is 454 g/mol. The van der Waals surface area contributed by atoms with Crippen LogP contribution in [0.5, 0.6) is 0 Å². The van der Waals surface area contributed by atoms with Crippen LogP contribution in [-0.2, 0) is 24.3 Å². The highest BCUT2D eigenvalue weighted by molar-refractivity contribution is 7.99. The number of anilines is 1. The average Bonchev–Trinajstić information content (AvgIpc) is 3.16. The van der Waals surface area contributed by atoms with E-state index in [4.69, 9.17) is 9.15 Å². The smallest absolute Gasteiger partial charge is 0.317 e. The number of esters is 1. The minimum absolute atomic E-state index is 0.0442. The minimum atomic E-state index is -3.66. The zero-order valence-corrected chi connectivity index (χ0v) is 19.6. The Morgan fingerprint density at radius 3 is 2.62 bits per heavy atom. The predicted molar refractivity (Wildman–Crippen MR) is 121 cm³/mol. The molecular formula is C21H23N3O6S2. The number of carbonyl (C=O) groups is 2. The maximum atomic E-state index is 12.5. The fourth-order valence-corrected chi connectivity index (χ4v) is 4.21. The lowest BCUT2D eigenvalue weighted by Gasteiger charge is -2.16. The monoisotopic (exact) mass is 477 g/mol. The number of carbonyl (C=O) groups excluding carboxylic acids is 2. The van der Waals surface area contributed by atoms with Crippen molar-refractivity contribution < 1.29 is 27.2 Å². The van der Waals surface area contributed by atoms with Crippen LogP contribution in [0, 0.1) is 6.92 Å². The number of aromatic nitrogens is 1. The van der Waals surface area contributed by atoms with E-state index >= 15 is 0 Å². The Hall–Kier alpha value is -2.89. The lowest BCUT2D eigenvalue weighted by atomic mass is 10.2. The van der Waals surface area contributed by atoms with Gasteiger partial charge in [-0.05, 0) is 43.7 Å². The minimum Gasteiger partial charge on any atom is -0.452 e. The molecule has 3 aromatic rings. The van der Waals surface area contributed by atoms with E-state index in [-0.39, 0.29) is 10.6 Å². The van der Waals surface area contributed by atoms with E-state index < -0.39 is 28.0 Å². The average molecular weight is 478 g/mol. The number of amides is 1. The van der Waals surface area contributed by atoms with E-state index in [2.05, 4.69) is 10.3 Å². The summed E-state index contributed by atoms with van der Waals surface area (Å²) in [6.45, 7) is 3.17. The molecule has 3 rings (SSSR count). The first-order valence-corrected chi connectivity index (χ1v) is 12.0. The van der Waals surface area contributed by atoms with Gasteiger partial charge in [0.1, 0.15) is 11.3 Å². The number of para-hydroxylation sites is 2. The molecule has 1 atom stereocenters. The number of fused-ring (bicyclic) bond motifs is 1. The molecule has 1 N–H and O–H groups in total. The van der Waals surface area contributed by atoms with Crippen molar-refractivity contribution in [2.24, 2.45) is 0 Å². The van der Waals surface area contributed by atoms with Gasteiger partial charge in [-0.3, -0.25) is 9.59 Å². The third-order valence-electron chi connectivity index (χ3n) is 4.51. The molecule has 2 aromatic carbocycles. The summed E-state index contributed by atoms with van der Waals surface area (Å²) >= 11 is 1.07. The number of benzene rings is 2. The molecule has 170 valence electrons. The number of thioether (sulfide) groups is 1. The second-order valence-corrected chi connectivity index (χ2v) is 10.2. The lowest BCUT2D eigenvalue weighted by Crippen LogP contribution is -2.31. The van der Waals surface area contributed by atoms with Crippen LogP contribution in [0.4, 0.5) is 5.69 Å². The first-order valence-electron chi connectivity index (χ1n) is 9.60. The van der Waals surface area contributed by atoms with Gasteiger partial charge in [0.05, 0.1) is 4.90 Å². The molecule has 0 radical (unpaired) electrons. The second kappa shape index (κ2) is 9.72. The molecule has 0 aliphatic carbocycles. The number of nitrogens with one attached hydrogen (secondary N) is 1. The van der Waals surface area contributed by atoms with Gasteiger partial charge >= 0.3 is 5.97 Å². The molecule has 0 bridgehead atoms. The number of hydrogen-bond donors (Lipinski definition) is 1. The summed E-state index contributed by atoms with van der Waals surface area (Å²) in [5.41, 5.74) is 2.29. The molecule has 0 aliphatic heterocycles. The lowest BCUT2D eigenvalue weighted by molar-refractivity contribution is -0.150. The van der Waals surface area contributed by atoms with Gasteiger partial charge in [0.2, 0.25) is 10.0 Å². The van der Waals surface area contributed by atoms with Crippen molar-refractivity contribution in [1.29, 1.82) is 0 Å². The predicted octanol–water partition coefficient (Wildman–Crippen LogP) is 3.05. The Morgan fingerprint density at radius 2 is 1.94 bits per heavy atom. The number of aryl methyl sites for hydroxylation is 1. The molecule has 0 aliphatic rings. The number of hydrogen-bond acceptors (Lipinski definition) is 8. The zero-order chi connectivity index (χ0) is 23.5. The van der Waals surface area contributed by atoms with E-state index in [1.165, 1.54) is 33.2 Å². The number of nitrogens with zero attached hydrogens (tertiary/aromatic N) is 2. The third kappa shape index (κ3) is 5.47. The molecule has 32 heavy (non-hydrogen) atoms. The van der Waals surface area contributed by atoms with Crippen LogP contribution >= 0.6 is 11.8 Å². The Labute approximate surface area is 190 Å². The Morgan fingerprint density at radius 1 is 1.22 bits per heavy atom. The van der Waals surface area contributed by atoms with Gasteiger partial charge in [-0.25, -0.2) is 17.7 Å². The number of oxazole rings is 1. The summed E-state index contributed by atoms with van der Waals surface area (Å²) in [6, 6.07) is 11.7. The van der Waals surface area contributed by atoms with Crippen LogP contribution < -0.4 is 5.32 Å². The van der Waals surface area contributed by atoms with Gasteiger partial charge in [-0.1, -0.05) is 30.0 Å². The zero-order valence-electron chi connectivity index (χ0n) is 18.0. The normalized spacial score (nSPS) is 12.7. The first kappa shape index (κ1) is 23.8. The Kier molecular flexibility index (Phi) is 7.22. The van der Waals surface area contributed by atoms with Crippen LogP contribution in [0.2, 0.25) is 0 Å². The van der Waals surface area contributed by atoms with Crippen LogP contribution in [0.15, 0.2) is 57.0 Å². The fourth-order valence-electron chi connectivity index (χ4n) is 2.66. The van der Waals surface area contributed by atoms with E-state index in [9.17, 15) is 18.0 Å². The summed E-state index contributed by atoms with van der Waals surface area (Å²) in [6.07, 6.45) is -1.08. The fraction of sp³-hybridized carbons (Fsp3) is 0.286. The summed E-state index contributed by atoms with van der Waals surface area (Å²) in [7, 11) is -0.807. The number of rotatable bonds is 8. The van der Waals surface area contributed by atoms with Crippen molar-refractivity contribution in [3.8, 4) is 0 Å². The molecule has 9 nitrogen and oxygen atoms in total. The van der Waals surface area contributed by atoms with Gasteiger partial charge in [0.25, 0.3) is 11.1 Å². The van der Waals surface area contributed by atoms with Crippen molar-refractivity contribution >= 4 is 50.4 Å². The molecule has 0 spiro atoms. The van der Waals surface area contributed by atoms with Crippen molar-refractivity contribution in [3.05, 3.63) is 48.0 Å². The summed E-state index contributed by atoms with van der Waals surface area (Å²) in [4.78, 5) is 29.0. The highest BCUT2D eigenvalue weighted by Gasteiger charge is 2.22. The largest absolute Gasteiger partial charge is 0.452 e. The van der Waals surface area contributed by atoms with E-state index in [0.717, 1.165) is 16.1 Å². The van der Waals surface area contributed by atoms with E-state index in [1.807, 2.05) is 12.1 Å². The van der Waals surface area contributed by atoms with E-state index in [1.54, 1.807) is 25.1 Å². The van der Waals surface area contributed by atoms with Crippen LogP contribution in [0.3, 0.4) is 0 Å². The SMILES string of the molecule is Cc1ccc(S(=O)(=O)N(C)C)cc1NC(=O)C(C)OC(=O)CSc1nc2ccccc2o1. The molecule has 1 amide bonds. The van der Waals surface area contributed by atoms with Crippen molar-refractivity contribution in [1.82, 2.24) is 9.29 Å². The quantitative estimate of drug-likeness (QED) is 0.388. The van der Waals surface area contributed by atoms with Crippen LogP contribution in [0.25, 0.3) is 11.1 Å². The van der Waals surface area contributed by atoms with Gasteiger partial charge in [-0.2, -0.15) is 0 Å². The van der Waals surface area contributed by atoms with Gasteiger partial charge in [0.15, 0.2) is 11.7 Å².